The molecular formula is C6H12BFO3. The summed E-state index contributed by atoms with van der Waals surface area (Å²) in [6, 6.07) is -0.561. The Kier molecular flexibility index (Phi) is 2.23. The average molecular weight is 162 g/mol. The Bertz CT molecular complexity index is 153. The van der Waals surface area contributed by atoms with Crippen molar-refractivity contribution in [2.45, 2.75) is 30.8 Å². The summed E-state index contributed by atoms with van der Waals surface area (Å²) in [6.45, 7) is 0.986. The van der Waals surface area contributed by atoms with E-state index in [1.807, 2.05) is 0 Å². The van der Waals surface area contributed by atoms with E-state index in [4.69, 9.17) is 9.84 Å². The largest absolute Gasteiger partial charge is 0.394 e. The van der Waals surface area contributed by atoms with E-state index >= 15 is 0 Å². The van der Waals surface area contributed by atoms with E-state index in [0.29, 0.717) is 0 Å². The van der Waals surface area contributed by atoms with Gasteiger partial charge in [-0.3, -0.25) is 0 Å². The number of hydrogen-bond donors (Lipinski definition) is 2. The lowest BCUT2D eigenvalue weighted by Gasteiger charge is -2.22. The van der Waals surface area contributed by atoms with Crippen molar-refractivity contribution in [3.05, 3.63) is 0 Å². The quantitative estimate of drug-likeness (QED) is 0.457. The van der Waals surface area contributed by atoms with E-state index in [9.17, 15) is 9.50 Å². The highest BCUT2D eigenvalue weighted by atomic mass is 19.1. The third-order valence-corrected chi connectivity index (χ3v) is 2.27. The molecule has 0 aliphatic carbocycles. The van der Waals surface area contributed by atoms with Gasteiger partial charge in [0, 0.05) is 0 Å². The van der Waals surface area contributed by atoms with Crippen molar-refractivity contribution in [3.63, 3.8) is 0 Å². The minimum Gasteiger partial charge on any atom is -0.394 e. The highest BCUT2D eigenvalue weighted by Crippen LogP contribution is 2.31. The van der Waals surface area contributed by atoms with Crippen LogP contribution in [0.3, 0.4) is 0 Å². The Morgan fingerprint density at radius 3 is 2.45 bits per heavy atom. The second-order valence-electron chi connectivity index (χ2n) is 3.13. The molecule has 4 atom stereocenters. The van der Waals surface area contributed by atoms with Crippen molar-refractivity contribution in [3.8, 4) is 0 Å². The summed E-state index contributed by atoms with van der Waals surface area (Å²) >= 11 is 0. The molecule has 1 aliphatic rings. The Morgan fingerprint density at radius 2 is 2.27 bits per heavy atom. The highest BCUT2D eigenvalue weighted by molar-refractivity contribution is 6.12. The molecule has 0 aromatic rings. The molecule has 0 spiro atoms. The van der Waals surface area contributed by atoms with Gasteiger partial charge in [-0.25, -0.2) is 4.39 Å². The van der Waals surface area contributed by atoms with Gasteiger partial charge in [-0.1, -0.05) is 0 Å². The Balaban J connectivity index is 2.71. The summed E-state index contributed by atoms with van der Waals surface area (Å²) in [4.78, 5) is 0. The van der Waals surface area contributed by atoms with Crippen LogP contribution in [0.4, 0.5) is 4.39 Å². The standard InChI is InChI=1S/C6H12BFO3/c1-6(10)4(8)3(2-9)11-5(6)7/h3-5,9-10H,2,7H2,1H3/t3-,4+,5-,6?/m1/s1. The van der Waals surface area contributed by atoms with Crippen LogP contribution in [0.5, 0.6) is 0 Å². The zero-order chi connectivity index (χ0) is 8.65. The first-order chi connectivity index (χ1) is 5.00. The van der Waals surface area contributed by atoms with Crippen molar-refractivity contribution in [2.24, 2.45) is 0 Å². The molecule has 0 saturated carbocycles. The fourth-order valence-electron chi connectivity index (χ4n) is 1.21. The molecule has 0 aromatic heterocycles. The first-order valence-corrected chi connectivity index (χ1v) is 3.63. The summed E-state index contributed by atoms with van der Waals surface area (Å²) in [5, 5.41) is 18.0. The van der Waals surface area contributed by atoms with Crippen molar-refractivity contribution in [1.29, 1.82) is 0 Å². The van der Waals surface area contributed by atoms with Gasteiger partial charge in [0.05, 0.1) is 12.6 Å². The molecule has 1 saturated heterocycles. The van der Waals surface area contributed by atoms with E-state index in [0.717, 1.165) is 0 Å². The van der Waals surface area contributed by atoms with E-state index in [-0.39, 0.29) is 6.61 Å². The van der Waals surface area contributed by atoms with Crippen LogP contribution in [0, 0.1) is 0 Å². The first kappa shape index (κ1) is 8.97. The molecule has 1 rings (SSSR count). The van der Waals surface area contributed by atoms with Gasteiger partial charge in [-0.15, -0.1) is 0 Å². The van der Waals surface area contributed by atoms with Gasteiger partial charge >= 0.3 is 0 Å². The number of rotatable bonds is 1. The molecule has 0 radical (unpaired) electrons. The minimum absolute atomic E-state index is 0.387. The van der Waals surface area contributed by atoms with Crippen LogP contribution in [-0.4, -0.2) is 48.5 Å². The zero-order valence-electron chi connectivity index (χ0n) is 6.62. The number of ether oxygens (including phenoxy) is 1. The van der Waals surface area contributed by atoms with E-state index in [1.54, 1.807) is 7.85 Å². The van der Waals surface area contributed by atoms with E-state index in [2.05, 4.69) is 0 Å². The van der Waals surface area contributed by atoms with Gasteiger partial charge in [0.1, 0.15) is 19.6 Å². The predicted molar refractivity (Wildman–Crippen MR) is 39.8 cm³/mol. The first-order valence-electron chi connectivity index (χ1n) is 3.63. The monoisotopic (exact) mass is 162 g/mol. The minimum atomic E-state index is -1.50. The highest BCUT2D eigenvalue weighted by Gasteiger charge is 2.50. The molecule has 5 heteroatoms. The van der Waals surface area contributed by atoms with Gasteiger partial charge in [-0.05, 0) is 6.92 Å². The maximum atomic E-state index is 13.1. The van der Waals surface area contributed by atoms with Crippen molar-refractivity contribution in [2.75, 3.05) is 6.61 Å². The molecule has 11 heavy (non-hydrogen) atoms. The summed E-state index contributed by atoms with van der Waals surface area (Å²) in [6.07, 6.45) is -2.37. The summed E-state index contributed by atoms with van der Waals surface area (Å²) in [5.74, 6) is 0. The molecule has 3 nitrogen and oxygen atoms in total. The third-order valence-electron chi connectivity index (χ3n) is 2.27. The maximum Gasteiger partial charge on any atom is 0.158 e. The number of hydrogen-bond acceptors (Lipinski definition) is 3. The molecule has 1 heterocycles. The zero-order valence-corrected chi connectivity index (χ0v) is 6.62. The van der Waals surface area contributed by atoms with Crippen molar-refractivity contribution in [1.82, 2.24) is 0 Å². The second kappa shape index (κ2) is 2.73. The van der Waals surface area contributed by atoms with Gasteiger partial charge in [0.2, 0.25) is 0 Å². The topological polar surface area (TPSA) is 49.7 Å². The lowest BCUT2D eigenvalue weighted by Crippen LogP contribution is -2.43. The molecule has 1 unspecified atom stereocenters. The molecule has 64 valence electrons. The van der Waals surface area contributed by atoms with Gasteiger partial charge in [-0.2, -0.15) is 0 Å². The Labute approximate surface area is 65.6 Å². The third kappa shape index (κ3) is 1.28. The van der Waals surface area contributed by atoms with Crippen LogP contribution in [0.25, 0.3) is 0 Å². The normalized spacial score (nSPS) is 51.5. The maximum absolute atomic E-state index is 13.1. The summed E-state index contributed by atoms with van der Waals surface area (Å²) in [7, 11) is 1.59. The number of aliphatic hydroxyl groups excluding tert-OH is 1. The van der Waals surface area contributed by atoms with Gasteiger partial charge in [0.25, 0.3) is 0 Å². The number of alkyl halides is 1. The lowest BCUT2D eigenvalue weighted by atomic mass is 9.82. The summed E-state index contributed by atoms with van der Waals surface area (Å²) in [5.41, 5.74) is -1.46. The average Bonchev–Trinajstić information content (AvgIpc) is 2.14. The van der Waals surface area contributed by atoms with Crippen LogP contribution < -0.4 is 0 Å². The number of aliphatic hydroxyl groups is 2. The van der Waals surface area contributed by atoms with Crippen molar-refractivity contribution >= 4 is 7.85 Å². The molecule has 0 aromatic carbocycles. The van der Waals surface area contributed by atoms with Crippen molar-refractivity contribution < 1.29 is 19.3 Å². The lowest BCUT2D eigenvalue weighted by molar-refractivity contribution is -0.00992. The molecule has 1 aliphatic heterocycles. The second-order valence-corrected chi connectivity index (χ2v) is 3.13. The Hall–Kier alpha value is -0.125. The van der Waals surface area contributed by atoms with Crippen LogP contribution in [-0.2, 0) is 4.74 Å². The van der Waals surface area contributed by atoms with Crippen LogP contribution >= 0.6 is 0 Å². The fraction of sp³-hybridized carbons (Fsp3) is 1.00. The molecule has 0 bridgehead atoms. The molecule has 1 fully saturated rings. The van der Waals surface area contributed by atoms with Crippen LogP contribution in [0.15, 0.2) is 0 Å². The Morgan fingerprint density at radius 1 is 1.73 bits per heavy atom. The van der Waals surface area contributed by atoms with Gasteiger partial charge in [0.15, 0.2) is 6.17 Å². The van der Waals surface area contributed by atoms with Crippen LogP contribution in [0.1, 0.15) is 6.92 Å². The SMILES string of the molecule is B[C@@H]1O[C@H](CO)[C@H](F)C1(C)O. The van der Waals surface area contributed by atoms with E-state index < -0.39 is 23.9 Å². The number of halogens is 1. The van der Waals surface area contributed by atoms with Crippen LogP contribution in [0.2, 0.25) is 0 Å². The fourth-order valence-corrected chi connectivity index (χ4v) is 1.21. The molecule has 0 amide bonds. The van der Waals surface area contributed by atoms with Gasteiger partial charge < -0.3 is 14.9 Å². The molecule has 2 N–H and O–H groups in total. The smallest absolute Gasteiger partial charge is 0.158 e. The predicted octanol–water partition coefficient (Wildman–Crippen LogP) is -1.57. The summed E-state index contributed by atoms with van der Waals surface area (Å²) < 4.78 is 18.0. The van der Waals surface area contributed by atoms with E-state index in [1.165, 1.54) is 6.92 Å². The molecular weight excluding hydrogens is 150 g/mol.